The van der Waals surface area contributed by atoms with Gasteiger partial charge in [-0.2, -0.15) is 0 Å². The molecule has 6 bridgehead atoms. The molecule has 5 saturated heterocycles. The number of nitrogens with zero attached hydrogens (tertiary/aromatic N) is 1. The summed E-state index contributed by atoms with van der Waals surface area (Å²) in [6, 6.07) is 0.650. The van der Waals surface area contributed by atoms with Crippen molar-refractivity contribution in [2.45, 2.75) is 76.7 Å². The summed E-state index contributed by atoms with van der Waals surface area (Å²) in [6.45, 7) is 6.32. The highest BCUT2D eigenvalue weighted by Gasteiger charge is 2.88. The summed E-state index contributed by atoms with van der Waals surface area (Å²) < 4.78 is 12.7. The lowest BCUT2D eigenvalue weighted by Crippen LogP contribution is -2.81. The zero-order valence-corrected chi connectivity index (χ0v) is 16.9. The summed E-state index contributed by atoms with van der Waals surface area (Å²) in [7, 11) is 1.59. The van der Waals surface area contributed by atoms with Gasteiger partial charge in [-0.25, -0.2) is 0 Å². The minimum Gasteiger partial charge on any atom is -0.469 e. The number of hydrogen-bond donors (Lipinski definition) is 0. The predicted octanol–water partition coefficient (Wildman–Crippen LogP) is 3.45. The number of ether oxygens (including phenoxy) is 2. The molecule has 9 rings (SSSR count). The Kier molecular flexibility index (Phi) is 2.75. The Morgan fingerprint density at radius 2 is 1.93 bits per heavy atom. The second-order valence-corrected chi connectivity index (χ2v) is 11.4. The molecule has 0 unspecified atom stereocenters. The summed E-state index contributed by atoms with van der Waals surface area (Å²) in [5, 5.41) is 0. The molecule has 0 aromatic heterocycles. The van der Waals surface area contributed by atoms with E-state index < -0.39 is 0 Å². The van der Waals surface area contributed by atoms with Crippen LogP contribution in [0.3, 0.4) is 0 Å². The van der Waals surface area contributed by atoms with Crippen molar-refractivity contribution in [1.82, 2.24) is 4.90 Å². The number of esters is 1. The van der Waals surface area contributed by atoms with Crippen molar-refractivity contribution in [3.05, 3.63) is 0 Å². The average molecular weight is 372 g/mol. The largest absolute Gasteiger partial charge is 0.469 e. The summed E-state index contributed by atoms with van der Waals surface area (Å²) in [5.41, 5.74) is 0.480. The highest BCUT2D eigenvalue weighted by molar-refractivity contribution is 5.74. The first-order valence-electron chi connectivity index (χ1n) is 11.5. The van der Waals surface area contributed by atoms with Gasteiger partial charge in [0.25, 0.3) is 0 Å². The monoisotopic (exact) mass is 371 g/mol. The maximum Gasteiger partial charge on any atom is 0.309 e. The molecule has 148 valence electrons. The van der Waals surface area contributed by atoms with Gasteiger partial charge in [-0.1, -0.05) is 13.8 Å². The lowest BCUT2D eigenvalue weighted by Gasteiger charge is -2.76. The fraction of sp³-hybridized carbons (Fsp3) is 0.957. The number of carbonyl (C=O) groups excluding carboxylic acids is 1. The fourth-order valence-electron chi connectivity index (χ4n) is 10.8. The molecule has 2 spiro atoms. The second kappa shape index (κ2) is 4.59. The van der Waals surface area contributed by atoms with Crippen molar-refractivity contribution in [3.63, 3.8) is 0 Å². The molecule has 4 aliphatic carbocycles. The normalized spacial score (nSPS) is 64.7. The van der Waals surface area contributed by atoms with Crippen LogP contribution in [-0.2, 0) is 14.3 Å². The van der Waals surface area contributed by atoms with Crippen molar-refractivity contribution in [3.8, 4) is 0 Å². The van der Waals surface area contributed by atoms with Gasteiger partial charge in [-0.3, -0.25) is 9.69 Å². The number of rotatable bonds is 1. The molecule has 0 aromatic carbocycles. The number of methoxy groups -OCH3 is 1. The minimum absolute atomic E-state index is 0.0395. The molecule has 5 heterocycles. The van der Waals surface area contributed by atoms with E-state index in [1.54, 1.807) is 7.11 Å². The first-order chi connectivity index (χ1) is 13.0. The van der Waals surface area contributed by atoms with E-state index in [-0.39, 0.29) is 22.9 Å². The van der Waals surface area contributed by atoms with Gasteiger partial charge in [0, 0.05) is 29.8 Å². The number of fused-ring (bicyclic) bond motifs is 1. The summed E-state index contributed by atoms with van der Waals surface area (Å²) in [4.78, 5) is 15.8. The van der Waals surface area contributed by atoms with Crippen LogP contribution in [0.1, 0.15) is 58.8 Å². The second-order valence-electron chi connectivity index (χ2n) is 11.4. The van der Waals surface area contributed by atoms with Crippen LogP contribution < -0.4 is 0 Å². The van der Waals surface area contributed by atoms with Crippen LogP contribution in [0.15, 0.2) is 0 Å². The molecular weight excluding hydrogens is 338 g/mol. The fourth-order valence-corrected chi connectivity index (χ4v) is 10.8. The topological polar surface area (TPSA) is 38.8 Å². The summed E-state index contributed by atoms with van der Waals surface area (Å²) in [5.74, 6) is 3.41. The average Bonchev–Trinajstić information content (AvgIpc) is 3.22. The molecule has 27 heavy (non-hydrogen) atoms. The summed E-state index contributed by atoms with van der Waals surface area (Å²) >= 11 is 0. The van der Waals surface area contributed by atoms with Gasteiger partial charge < -0.3 is 9.47 Å². The number of carbonyl (C=O) groups is 1. The molecule has 0 amide bonds. The molecule has 4 nitrogen and oxygen atoms in total. The van der Waals surface area contributed by atoms with Gasteiger partial charge in [0.15, 0.2) is 0 Å². The third-order valence-corrected chi connectivity index (χ3v) is 11.4. The van der Waals surface area contributed by atoms with Crippen molar-refractivity contribution in [2.24, 2.45) is 46.3 Å². The van der Waals surface area contributed by atoms with Gasteiger partial charge in [0.05, 0.1) is 18.6 Å². The lowest BCUT2D eigenvalue weighted by atomic mass is 9.40. The van der Waals surface area contributed by atoms with E-state index in [9.17, 15) is 4.79 Å². The zero-order chi connectivity index (χ0) is 18.3. The van der Waals surface area contributed by atoms with Crippen LogP contribution in [0.4, 0.5) is 0 Å². The Bertz CT molecular complexity index is 739. The van der Waals surface area contributed by atoms with Crippen LogP contribution in [-0.4, -0.2) is 42.4 Å². The van der Waals surface area contributed by atoms with Crippen LogP contribution in [0.25, 0.3) is 0 Å². The molecule has 0 aromatic rings. The molecule has 11 atom stereocenters. The zero-order valence-electron chi connectivity index (χ0n) is 16.9. The molecule has 4 saturated carbocycles. The van der Waals surface area contributed by atoms with Crippen LogP contribution in [0.5, 0.6) is 0 Å². The first-order valence-corrected chi connectivity index (χ1v) is 11.5. The van der Waals surface area contributed by atoms with Crippen molar-refractivity contribution in [1.29, 1.82) is 0 Å². The lowest BCUT2D eigenvalue weighted by molar-refractivity contribution is -0.392. The molecule has 5 aliphatic heterocycles. The van der Waals surface area contributed by atoms with Crippen molar-refractivity contribution in [2.75, 3.05) is 13.7 Å². The Labute approximate surface area is 162 Å². The number of hydrogen-bond acceptors (Lipinski definition) is 4. The van der Waals surface area contributed by atoms with Crippen LogP contribution in [0, 0.1) is 46.3 Å². The van der Waals surface area contributed by atoms with Gasteiger partial charge >= 0.3 is 5.97 Å². The quantitative estimate of drug-likeness (QED) is 0.662. The molecular formula is C23H33NO3. The molecule has 0 N–H and O–H groups in total. The Balaban J connectivity index is 1.53. The van der Waals surface area contributed by atoms with E-state index in [4.69, 9.17) is 9.47 Å². The van der Waals surface area contributed by atoms with E-state index in [1.165, 1.54) is 45.1 Å². The predicted molar refractivity (Wildman–Crippen MR) is 99.6 cm³/mol. The van der Waals surface area contributed by atoms with Gasteiger partial charge in [-0.15, -0.1) is 0 Å². The van der Waals surface area contributed by atoms with E-state index in [0.29, 0.717) is 35.4 Å². The SMILES string of the molecule is COC(=O)[C@@H]1C[C@]23[C@@H]4[C@H]5CC[C@@]2(C)[C@@H]2CC[C@H]6CC[C@@H]1[C@@]63O[C@H]2N4C[C@H]5C. The van der Waals surface area contributed by atoms with Gasteiger partial charge in [0.1, 0.15) is 6.23 Å². The first kappa shape index (κ1) is 16.2. The highest BCUT2D eigenvalue weighted by atomic mass is 16.5. The minimum atomic E-state index is -0.0395. The Morgan fingerprint density at radius 3 is 2.70 bits per heavy atom. The van der Waals surface area contributed by atoms with Crippen LogP contribution >= 0.6 is 0 Å². The van der Waals surface area contributed by atoms with E-state index in [0.717, 1.165) is 18.3 Å². The van der Waals surface area contributed by atoms with Crippen molar-refractivity contribution >= 4 is 5.97 Å². The molecule has 0 radical (unpaired) electrons. The Morgan fingerprint density at radius 1 is 1.15 bits per heavy atom. The van der Waals surface area contributed by atoms with E-state index in [2.05, 4.69) is 18.7 Å². The maximum absolute atomic E-state index is 13.0. The molecule has 9 aliphatic rings. The Hall–Kier alpha value is -0.610. The number of piperidine rings is 1. The standard InChI is InChI=1S/C23H33NO3/c1-12-11-24-18-14(12)8-9-21(2)17-7-5-13-4-6-16-15(20(25)26-3)10-22(18,21)23(13,16)27-19(17)24/h12-19H,4-11H2,1-3H3/t12-,13-,14+,15-,16+,17-,18+,19-,21+,22+,23+/m1/s1. The van der Waals surface area contributed by atoms with Crippen molar-refractivity contribution < 1.29 is 14.3 Å². The third-order valence-electron chi connectivity index (χ3n) is 11.4. The highest BCUT2D eigenvalue weighted by Crippen LogP contribution is 2.84. The van der Waals surface area contributed by atoms with Gasteiger partial charge in [0.2, 0.25) is 0 Å². The maximum atomic E-state index is 13.0. The van der Waals surface area contributed by atoms with Gasteiger partial charge in [-0.05, 0) is 68.1 Å². The van der Waals surface area contributed by atoms with E-state index >= 15 is 0 Å². The smallest absolute Gasteiger partial charge is 0.309 e. The van der Waals surface area contributed by atoms with Crippen LogP contribution in [0.2, 0.25) is 0 Å². The summed E-state index contributed by atoms with van der Waals surface area (Å²) in [6.07, 6.45) is 9.19. The molecule has 9 fully saturated rings. The third kappa shape index (κ3) is 1.35. The molecule has 4 heteroatoms. The van der Waals surface area contributed by atoms with E-state index in [1.807, 2.05) is 0 Å².